The van der Waals surface area contributed by atoms with Gasteiger partial charge in [-0.1, -0.05) is 22.4 Å². The van der Waals surface area contributed by atoms with Crippen LogP contribution in [0.25, 0.3) is 0 Å². The Morgan fingerprint density at radius 1 is 1.24 bits per heavy atom. The molecule has 0 spiro atoms. The largest absolute Gasteiger partial charge is 0.494 e. The van der Waals surface area contributed by atoms with E-state index in [1.807, 2.05) is 24.3 Å². The highest BCUT2D eigenvalue weighted by molar-refractivity contribution is 9.10. The van der Waals surface area contributed by atoms with Gasteiger partial charge in [0.25, 0.3) is 0 Å². The Kier molecular flexibility index (Phi) is 5.33. The monoisotopic (exact) mass is 297 g/mol. The van der Waals surface area contributed by atoms with Crippen molar-refractivity contribution in [3.63, 3.8) is 0 Å². The summed E-state index contributed by atoms with van der Waals surface area (Å²) in [4.78, 5) is 0. The molecule has 17 heavy (non-hydrogen) atoms. The van der Waals surface area contributed by atoms with Gasteiger partial charge in [-0.2, -0.15) is 0 Å². The fourth-order valence-electron chi connectivity index (χ4n) is 2.21. The molecule has 1 atom stereocenters. The van der Waals surface area contributed by atoms with Crippen LogP contribution in [-0.2, 0) is 0 Å². The summed E-state index contributed by atoms with van der Waals surface area (Å²) in [6.45, 7) is 3.17. The molecule has 1 fully saturated rings. The van der Waals surface area contributed by atoms with Crippen molar-refractivity contribution in [2.75, 3.05) is 19.7 Å². The van der Waals surface area contributed by atoms with Crippen molar-refractivity contribution >= 4 is 15.9 Å². The van der Waals surface area contributed by atoms with Crippen molar-refractivity contribution in [2.24, 2.45) is 5.92 Å². The van der Waals surface area contributed by atoms with E-state index in [2.05, 4.69) is 21.2 Å². The summed E-state index contributed by atoms with van der Waals surface area (Å²) in [7, 11) is 0. The highest BCUT2D eigenvalue weighted by Gasteiger charge is 2.11. The fourth-order valence-corrected chi connectivity index (χ4v) is 2.48. The van der Waals surface area contributed by atoms with Crippen LogP contribution in [0.5, 0.6) is 5.75 Å². The quantitative estimate of drug-likeness (QED) is 0.917. The fraction of sp³-hybridized carbons (Fsp3) is 0.571. The van der Waals surface area contributed by atoms with Crippen LogP contribution in [0.15, 0.2) is 28.7 Å². The van der Waals surface area contributed by atoms with Gasteiger partial charge in [0, 0.05) is 4.47 Å². The van der Waals surface area contributed by atoms with Crippen LogP contribution >= 0.6 is 15.9 Å². The molecule has 0 saturated carbocycles. The van der Waals surface area contributed by atoms with Crippen molar-refractivity contribution in [3.05, 3.63) is 28.7 Å². The standard InChI is InChI=1S/C14H20BrNO/c15-13-4-6-14(7-5-13)17-10-8-12-3-1-2-9-16-11-12/h4-7,12,16H,1-3,8-11H2. The number of ether oxygens (including phenoxy) is 1. The van der Waals surface area contributed by atoms with Crippen molar-refractivity contribution < 1.29 is 4.74 Å². The maximum Gasteiger partial charge on any atom is 0.119 e. The zero-order valence-electron chi connectivity index (χ0n) is 10.1. The number of halogens is 1. The van der Waals surface area contributed by atoms with E-state index in [-0.39, 0.29) is 0 Å². The average molecular weight is 298 g/mol. The summed E-state index contributed by atoms with van der Waals surface area (Å²) in [6, 6.07) is 8.05. The van der Waals surface area contributed by atoms with Crippen molar-refractivity contribution in [2.45, 2.75) is 25.7 Å². The van der Waals surface area contributed by atoms with Crippen molar-refractivity contribution in [3.8, 4) is 5.75 Å². The van der Waals surface area contributed by atoms with Crippen LogP contribution in [0.2, 0.25) is 0 Å². The number of rotatable bonds is 4. The third-order valence-electron chi connectivity index (χ3n) is 3.26. The maximum atomic E-state index is 5.76. The van der Waals surface area contributed by atoms with Crippen LogP contribution in [0, 0.1) is 5.92 Å². The highest BCUT2D eigenvalue weighted by Crippen LogP contribution is 2.18. The molecule has 0 amide bonds. The van der Waals surface area contributed by atoms with Gasteiger partial charge in [-0.3, -0.25) is 0 Å². The van der Waals surface area contributed by atoms with Gasteiger partial charge in [-0.15, -0.1) is 0 Å². The topological polar surface area (TPSA) is 21.3 Å². The molecular formula is C14H20BrNO. The molecule has 1 aliphatic rings. The zero-order valence-corrected chi connectivity index (χ0v) is 11.7. The molecule has 3 heteroatoms. The third kappa shape index (κ3) is 4.68. The molecule has 0 aliphatic carbocycles. The molecular weight excluding hydrogens is 278 g/mol. The van der Waals surface area contributed by atoms with Gasteiger partial charge in [0.15, 0.2) is 0 Å². The van der Waals surface area contributed by atoms with E-state index >= 15 is 0 Å². The van der Waals surface area contributed by atoms with Crippen LogP contribution in [0.3, 0.4) is 0 Å². The molecule has 1 aliphatic heterocycles. The van der Waals surface area contributed by atoms with E-state index in [4.69, 9.17) is 4.74 Å². The molecule has 1 heterocycles. The van der Waals surface area contributed by atoms with Gasteiger partial charge in [0.1, 0.15) is 5.75 Å². The second-order valence-corrected chi connectivity index (χ2v) is 5.57. The minimum absolute atomic E-state index is 0.785. The third-order valence-corrected chi connectivity index (χ3v) is 3.79. The predicted molar refractivity (Wildman–Crippen MR) is 74.5 cm³/mol. The van der Waals surface area contributed by atoms with Crippen molar-refractivity contribution in [1.82, 2.24) is 5.32 Å². The lowest BCUT2D eigenvalue weighted by molar-refractivity contribution is 0.272. The van der Waals surface area contributed by atoms with Gasteiger partial charge >= 0.3 is 0 Å². The molecule has 1 saturated heterocycles. The number of benzene rings is 1. The SMILES string of the molecule is Brc1ccc(OCCC2CCCCNC2)cc1. The molecule has 94 valence electrons. The first-order valence-electron chi connectivity index (χ1n) is 6.44. The van der Waals surface area contributed by atoms with E-state index in [0.717, 1.165) is 35.7 Å². The smallest absolute Gasteiger partial charge is 0.119 e. The summed E-state index contributed by atoms with van der Waals surface area (Å²) in [6.07, 6.45) is 5.18. The summed E-state index contributed by atoms with van der Waals surface area (Å²) >= 11 is 3.42. The van der Waals surface area contributed by atoms with E-state index in [0.29, 0.717) is 0 Å². The van der Waals surface area contributed by atoms with E-state index in [9.17, 15) is 0 Å². The Hall–Kier alpha value is -0.540. The number of hydrogen-bond acceptors (Lipinski definition) is 2. The van der Waals surface area contributed by atoms with E-state index < -0.39 is 0 Å². The lowest BCUT2D eigenvalue weighted by atomic mass is 10.0. The first-order valence-corrected chi connectivity index (χ1v) is 7.23. The Bertz CT molecular complexity index is 317. The van der Waals surface area contributed by atoms with E-state index in [1.165, 1.54) is 25.8 Å². The van der Waals surface area contributed by atoms with Crippen LogP contribution in [-0.4, -0.2) is 19.7 Å². The molecule has 1 unspecified atom stereocenters. The first kappa shape index (κ1) is 12.9. The molecule has 1 aromatic carbocycles. The highest BCUT2D eigenvalue weighted by atomic mass is 79.9. The average Bonchev–Trinajstić information content (AvgIpc) is 2.60. The van der Waals surface area contributed by atoms with E-state index in [1.54, 1.807) is 0 Å². The second-order valence-electron chi connectivity index (χ2n) is 4.66. The second kappa shape index (κ2) is 7.02. The van der Waals surface area contributed by atoms with Crippen LogP contribution in [0.1, 0.15) is 25.7 Å². The Morgan fingerprint density at radius 2 is 2.06 bits per heavy atom. The molecule has 0 aromatic heterocycles. The Labute approximate surface area is 112 Å². The molecule has 2 rings (SSSR count). The van der Waals surface area contributed by atoms with Gasteiger partial charge in [0.05, 0.1) is 6.61 Å². The number of nitrogens with one attached hydrogen (secondary N) is 1. The summed E-state index contributed by atoms with van der Waals surface area (Å²) in [5.41, 5.74) is 0. The van der Waals surface area contributed by atoms with Crippen LogP contribution < -0.4 is 10.1 Å². The maximum absolute atomic E-state index is 5.76. The minimum Gasteiger partial charge on any atom is -0.494 e. The van der Waals surface area contributed by atoms with Gasteiger partial charge in [0.2, 0.25) is 0 Å². The minimum atomic E-state index is 0.785. The van der Waals surface area contributed by atoms with Gasteiger partial charge in [-0.05, 0) is 62.5 Å². The Balaban J connectivity index is 1.69. The Morgan fingerprint density at radius 3 is 2.88 bits per heavy atom. The van der Waals surface area contributed by atoms with Crippen molar-refractivity contribution in [1.29, 1.82) is 0 Å². The summed E-state index contributed by atoms with van der Waals surface area (Å²) in [5, 5.41) is 3.49. The molecule has 1 aromatic rings. The van der Waals surface area contributed by atoms with Crippen LogP contribution in [0.4, 0.5) is 0 Å². The number of hydrogen-bond donors (Lipinski definition) is 1. The molecule has 2 nitrogen and oxygen atoms in total. The van der Waals surface area contributed by atoms with Gasteiger partial charge in [-0.25, -0.2) is 0 Å². The van der Waals surface area contributed by atoms with Gasteiger partial charge < -0.3 is 10.1 Å². The molecule has 0 radical (unpaired) electrons. The lowest BCUT2D eigenvalue weighted by Crippen LogP contribution is -2.21. The molecule has 0 bridgehead atoms. The molecule has 1 N–H and O–H groups in total. The zero-order chi connectivity index (χ0) is 11.9. The predicted octanol–water partition coefficient (Wildman–Crippen LogP) is 3.61. The lowest BCUT2D eigenvalue weighted by Gasteiger charge is -2.14. The first-order chi connectivity index (χ1) is 8.34. The normalized spacial score (nSPS) is 20.9. The summed E-state index contributed by atoms with van der Waals surface area (Å²) in [5.74, 6) is 1.75. The summed E-state index contributed by atoms with van der Waals surface area (Å²) < 4.78 is 6.85.